The highest BCUT2D eigenvalue weighted by Crippen LogP contribution is 2.25. The zero-order chi connectivity index (χ0) is 13.9. The average molecular weight is 287 g/mol. The molecule has 0 aliphatic carbocycles. The molecule has 0 saturated heterocycles. The molecule has 0 saturated carbocycles. The summed E-state index contributed by atoms with van der Waals surface area (Å²) in [4.78, 5) is 14.7. The highest BCUT2D eigenvalue weighted by atomic mass is 32.2. The molecule has 0 amide bonds. The standard InChI is InChI=1S/C13H9N3O3S/c17-11(18)7-20-13-16-15-12(19-13)9-3-4-10-8(6-9)2-1-5-14-10/h1-6H,7H2,(H,17,18). The molecule has 0 radical (unpaired) electrons. The van der Waals surface area contributed by atoms with E-state index in [2.05, 4.69) is 15.2 Å². The minimum Gasteiger partial charge on any atom is -0.481 e. The molecule has 0 bridgehead atoms. The predicted molar refractivity (Wildman–Crippen MR) is 73.4 cm³/mol. The van der Waals surface area contributed by atoms with Crippen LogP contribution in [0.1, 0.15) is 0 Å². The van der Waals surface area contributed by atoms with E-state index in [1.165, 1.54) is 0 Å². The van der Waals surface area contributed by atoms with E-state index in [0.29, 0.717) is 5.89 Å². The monoisotopic (exact) mass is 287 g/mol. The highest BCUT2D eigenvalue weighted by Gasteiger charge is 2.11. The Labute approximate surface area is 117 Å². The zero-order valence-corrected chi connectivity index (χ0v) is 11.0. The Hall–Kier alpha value is -2.41. The van der Waals surface area contributed by atoms with Gasteiger partial charge in [-0.2, -0.15) is 0 Å². The number of carboxylic acid groups (broad SMARTS) is 1. The summed E-state index contributed by atoms with van der Waals surface area (Å²) in [6.45, 7) is 0. The fourth-order valence-electron chi connectivity index (χ4n) is 1.72. The first-order valence-corrected chi connectivity index (χ1v) is 6.74. The number of aliphatic carboxylic acids is 1. The smallest absolute Gasteiger partial charge is 0.314 e. The molecule has 1 aromatic carbocycles. The van der Waals surface area contributed by atoms with Crippen molar-refractivity contribution in [2.75, 3.05) is 5.75 Å². The maximum atomic E-state index is 10.5. The molecule has 0 spiro atoms. The van der Waals surface area contributed by atoms with E-state index in [1.807, 2.05) is 30.3 Å². The second kappa shape index (κ2) is 5.30. The topological polar surface area (TPSA) is 89.1 Å². The van der Waals surface area contributed by atoms with Gasteiger partial charge in [0.25, 0.3) is 5.22 Å². The van der Waals surface area contributed by atoms with E-state index >= 15 is 0 Å². The number of thioether (sulfide) groups is 1. The van der Waals surface area contributed by atoms with Gasteiger partial charge in [0, 0.05) is 17.1 Å². The average Bonchev–Trinajstić information content (AvgIpc) is 2.93. The second-order valence-electron chi connectivity index (χ2n) is 3.97. The molecule has 0 unspecified atom stereocenters. The first kappa shape index (κ1) is 12.6. The van der Waals surface area contributed by atoms with Gasteiger partial charge in [-0.25, -0.2) is 0 Å². The minimum absolute atomic E-state index is 0.108. The van der Waals surface area contributed by atoms with Crippen LogP contribution in [-0.2, 0) is 4.79 Å². The van der Waals surface area contributed by atoms with Crippen LogP contribution in [0.3, 0.4) is 0 Å². The molecule has 0 aliphatic heterocycles. The van der Waals surface area contributed by atoms with Crippen molar-refractivity contribution in [3.8, 4) is 11.5 Å². The third-order valence-corrected chi connectivity index (χ3v) is 3.38. The van der Waals surface area contributed by atoms with Crippen molar-refractivity contribution in [3.63, 3.8) is 0 Å². The van der Waals surface area contributed by atoms with Crippen molar-refractivity contribution < 1.29 is 14.3 Å². The lowest BCUT2D eigenvalue weighted by Gasteiger charge is -1.98. The minimum atomic E-state index is -0.925. The van der Waals surface area contributed by atoms with E-state index in [1.54, 1.807) is 6.20 Å². The van der Waals surface area contributed by atoms with Crippen molar-refractivity contribution in [3.05, 3.63) is 36.5 Å². The van der Waals surface area contributed by atoms with Gasteiger partial charge >= 0.3 is 5.97 Å². The largest absolute Gasteiger partial charge is 0.481 e. The Morgan fingerprint density at radius 1 is 1.30 bits per heavy atom. The molecule has 1 N–H and O–H groups in total. The number of benzene rings is 1. The maximum Gasteiger partial charge on any atom is 0.314 e. The molecule has 0 aliphatic rings. The summed E-state index contributed by atoms with van der Waals surface area (Å²) in [5.74, 6) is -0.668. The highest BCUT2D eigenvalue weighted by molar-refractivity contribution is 7.99. The quantitative estimate of drug-likeness (QED) is 0.737. The van der Waals surface area contributed by atoms with Gasteiger partial charge in [-0.1, -0.05) is 17.8 Å². The molecular formula is C13H9N3O3S. The Kier molecular flexibility index (Phi) is 3.34. The first-order valence-electron chi connectivity index (χ1n) is 5.75. The summed E-state index contributed by atoms with van der Waals surface area (Å²) in [6.07, 6.45) is 1.73. The van der Waals surface area contributed by atoms with Crippen LogP contribution in [0.2, 0.25) is 0 Å². The summed E-state index contributed by atoms with van der Waals surface area (Å²) in [5, 5.41) is 17.6. The summed E-state index contributed by atoms with van der Waals surface area (Å²) in [6, 6.07) is 9.42. The molecule has 2 aromatic heterocycles. The Morgan fingerprint density at radius 3 is 3.05 bits per heavy atom. The SMILES string of the molecule is O=C(O)CSc1nnc(-c2ccc3ncccc3c2)o1. The lowest BCUT2D eigenvalue weighted by molar-refractivity contribution is -0.133. The van der Waals surface area contributed by atoms with Gasteiger partial charge in [-0.05, 0) is 24.3 Å². The second-order valence-corrected chi connectivity index (χ2v) is 4.89. The van der Waals surface area contributed by atoms with Crippen LogP contribution < -0.4 is 0 Å². The van der Waals surface area contributed by atoms with Crippen LogP contribution in [0, 0.1) is 0 Å². The van der Waals surface area contributed by atoms with E-state index in [0.717, 1.165) is 28.2 Å². The molecule has 20 heavy (non-hydrogen) atoms. The summed E-state index contributed by atoms with van der Waals surface area (Å²) in [5.41, 5.74) is 1.66. The number of hydrogen-bond donors (Lipinski definition) is 1. The maximum absolute atomic E-state index is 10.5. The van der Waals surface area contributed by atoms with E-state index < -0.39 is 5.97 Å². The van der Waals surface area contributed by atoms with Crippen molar-refractivity contribution in [2.45, 2.75) is 5.22 Å². The Balaban J connectivity index is 1.89. The lowest BCUT2D eigenvalue weighted by Crippen LogP contribution is -1.97. The van der Waals surface area contributed by atoms with E-state index in [4.69, 9.17) is 9.52 Å². The number of rotatable bonds is 4. The van der Waals surface area contributed by atoms with Gasteiger partial charge in [0.2, 0.25) is 5.89 Å². The van der Waals surface area contributed by atoms with Crippen LogP contribution in [0.4, 0.5) is 0 Å². The van der Waals surface area contributed by atoms with Crippen molar-refractivity contribution in [2.24, 2.45) is 0 Å². The predicted octanol–water partition coefficient (Wildman–Crippen LogP) is 2.46. The number of nitrogens with zero attached hydrogens (tertiary/aromatic N) is 3. The van der Waals surface area contributed by atoms with Crippen molar-refractivity contribution in [1.82, 2.24) is 15.2 Å². The van der Waals surface area contributed by atoms with Gasteiger partial charge in [0.05, 0.1) is 5.52 Å². The summed E-state index contributed by atoms with van der Waals surface area (Å²) in [7, 11) is 0. The van der Waals surface area contributed by atoms with Gasteiger partial charge in [-0.3, -0.25) is 9.78 Å². The molecule has 0 fully saturated rings. The molecular weight excluding hydrogens is 278 g/mol. The Bertz CT molecular complexity index is 772. The lowest BCUT2D eigenvalue weighted by atomic mass is 10.1. The first-order chi connectivity index (χ1) is 9.72. The van der Waals surface area contributed by atoms with E-state index in [9.17, 15) is 4.79 Å². The number of fused-ring (bicyclic) bond motifs is 1. The van der Waals surface area contributed by atoms with Crippen LogP contribution >= 0.6 is 11.8 Å². The zero-order valence-electron chi connectivity index (χ0n) is 10.2. The fraction of sp³-hybridized carbons (Fsp3) is 0.0769. The molecule has 0 atom stereocenters. The van der Waals surface area contributed by atoms with Crippen molar-refractivity contribution in [1.29, 1.82) is 0 Å². The van der Waals surface area contributed by atoms with Gasteiger partial charge in [-0.15, -0.1) is 10.2 Å². The summed E-state index contributed by atoms with van der Waals surface area (Å²) < 4.78 is 5.43. The van der Waals surface area contributed by atoms with Crippen LogP contribution in [0.25, 0.3) is 22.4 Å². The summed E-state index contributed by atoms with van der Waals surface area (Å²) >= 11 is 0.995. The van der Waals surface area contributed by atoms with Crippen molar-refractivity contribution >= 4 is 28.6 Å². The number of aromatic nitrogens is 3. The number of hydrogen-bond acceptors (Lipinski definition) is 6. The van der Waals surface area contributed by atoms with Gasteiger partial charge in [0.15, 0.2) is 0 Å². The fourth-order valence-corrected chi connectivity index (χ4v) is 2.20. The number of pyridine rings is 1. The molecule has 3 aromatic rings. The van der Waals surface area contributed by atoms with Crippen LogP contribution in [0.15, 0.2) is 46.2 Å². The van der Waals surface area contributed by atoms with Crippen LogP contribution in [0.5, 0.6) is 0 Å². The number of carbonyl (C=O) groups is 1. The van der Waals surface area contributed by atoms with Crippen LogP contribution in [-0.4, -0.2) is 32.0 Å². The molecule has 2 heterocycles. The van der Waals surface area contributed by atoms with Gasteiger partial charge in [0.1, 0.15) is 5.75 Å². The van der Waals surface area contributed by atoms with Gasteiger partial charge < -0.3 is 9.52 Å². The normalized spacial score (nSPS) is 10.8. The number of carboxylic acids is 1. The molecule has 7 heteroatoms. The molecule has 3 rings (SSSR count). The third-order valence-electron chi connectivity index (χ3n) is 2.58. The van der Waals surface area contributed by atoms with E-state index in [-0.39, 0.29) is 11.0 Å². The molecule has 6 nitrogen and oxygen atoms in total. The molecule has 100 valence electrons. The Morgan fingerprint density at radius 2 is 2.20 bits per heavy atom. The third kappa shape index (κ3) is 2.62.